The summed E-state index contributed by atoms with van der Waals surface area (Å²) in [6, 6.07) is 9.03. The number of nitrogens with one attached hydrogen (secondary N) is 1. The molecule has 1 aliphatic rings. The molecule has 0 spiro atoms. The van der Waals surface area contributed by atoms with Crippen LogP contribution in [0.15, 0.2) is 48.5 Å². The SMILES string of the molecule is CC.Cc1cc2c(cc1-c1ccc(NC(=O)c3c(F)cccc3F)cc1F)OC(F)(F)O2. The first-order valence-electron chi connectivity index (χ1n) is 9.60. The zero-order chi connectivity index (χ0) is 23.6. The molecule has 0 aliphatic carbocycles. The average Bonchev–Trinajstić information content (AvgIpc) is 3.02. The number of alkyl halides is 2. The Bertz CT molecular complexity index is 1160. The molecular weight excluding hydrogens is 433 g/mol. The third-order valence-electron chi connectivity index (χ3n) is 4.46. The van der Waals surface area contributed by atoms with Gasteiger partial charge in [-0.1, -0.05) is 19.9 Å². The third kappa shape index (κ3) is 4.51. The minimum absolute atomic E-state index is 0.0455. The van der Waals surface area contributed by atoms with E-state index in [1.165, 1.54) is 24.3 Å². The lowest BCUT2D eigenvalue weighted by molar-refractivity contribution is -0.286. The van der Waals surface area contributed by atoms with Gasteiger partial charge in [-0.2, -0.15) is 0 Å². The van der Waals surface area contributed by atoms with Crippen LogP contribution in [0.1, 0.15) is 29.8 Å². The number of aryl methyl sites for hydroxylation is 1. The highest BCUT2D eigenvalue weighted by Gasteiger charge is 2.43. The first-order valence-corrected chi connectivity index (χ1v) is 9.60. The molecular formula is C23H18F5NO3. The summed E-state index contributed by atoms with van der Waals surface area (Å²) >= 11 is 0. The van der Waals surface area contributed by atoms with E-state index in [1.54, 1.807) is 6.92 Å². The maximum Gasteiger partial charge on any atom is 0.586 e. The Kier molecular flexibility index (Phi) is 6.38. The van der Waals surface area contributed by atoms with Gasteiger partial charge in [0, 0.05) is 11.3 Å². The molecule has 0 radical (unpaired) electrons. The Labute approximate surface area is 180 Å². The molecule has 3 aromatic rings. The van der Waals surface area contributed by atoms with Crippen LogP contribution < -0.4 is 14.8 Å². The lowest BCUT2D eigenvalue weighted by Gasteiger charge is -2.11. The molecule has 0 fully saturated rings. The smallest absolute Gasteiger partial charge is 0.395 e. The van der Waals surface area contributed by atoms with E-state index in [1.807, 2.05) is 13.8 Å². The average molecular weight is 451 g/mol. The Hall–Kier alpha value is -3.62. The van der Waals surface area contributed by atoms with Crippen molar-refractivity contribution in [2.75, 3.05) is 5.32 Å². The Balaban J connectivity index is 0.00000141. The molecule has 3 aromatic carbocycles. The number of anilines is 1. The number of ether oxygens (including phenoxy) is 2. The summed E-state index contributed by atoms with van der Waals surface area (Å²) in [7, 11) is 0. The number of carbonyl (C=O) groups is 1. The second-order valence-corrected chi connectivity index (χ2v) is 6.53. The van der Waals surface area contributed by atoms with Crippen LogP contribution in [-0.4, -0.2) is 12.2 Å². The molecule has 4 rings (SSSR count). The zero-order valence-electron chi connectivity index (χ0n) is 17.2. The van der Waals surface area contributed by atoms with Gasteiger partial charge >= 0.3 is 6.29 Å². The van der Waals surface area contributed by atoms with E-state index in [2.05, 4.69) is 14.8 Å². The summed E-state index contributed by atoms with van der Waals surface area (Å²) < 4.78 is 77.4. The number of hydrogen-bond acceptors (Lipinski definition) is 3. The lowest BCUT2D eigenvalue weighted by atomic mass is 9.99. The predicted octanol–water partition coefficient (Wildman–Crippen LogP) is 6.68. The summed E-state index contributed by atoms with van der Waals surface area (Å²) in [5.74, 6) is -4.41. The Morgan fingerprint density at radius 3 is 2.03 bits per heavy atom. The van der Waals surface area contributed by atoms with Gasteiger partial charge < -0.3 is 14.8 Å². The Morgan fingerprint density at radius 2 is 1.44 bits per heavy atom. The molecule has 168 valence electrons. The van der Waals surface area contributed by atoms with Crippen molar-refractivity contribution in [3.63, 3.8) is 0 Å². The molecule has 1 aliphatic heterocycles. The number of fused-ring (bicyclic) bond motifs is 1. The van der Waals surface area contributed by atoms with Gasteiger partial charge in [0.1, 0.15) is 23.0 Å². The number of halogens is 5. The summed E-state index contributed by atoms with van der Waals surface area (Å²) in [4.78, 5) is 12.1. The van der Waals surface area contributed by atoms with Crippen LogP contribution in [0, 0.1) is 24.4 Å². The van der Waals surface area contributed by atoms with Gasteiger partial charge in [-0.25, -0.2) is 13.2 Å². The molecule has 0 bridgehead atoms. The minimum Gasteiger partial charge on any atom is -0.395 e. The summed E-state index contributed by atoms with van der Waals surface area (Å²) in [5.41, 5.74) is -0.0858. The molecule has 0 saturated carbocycles. The van der Waals surface area contributed by atoms with Crippen molar-refractivity contribution in [2.45, 2.75) is 27.1 Å². The summed E-state index contributed by atoms with van der Waals surface area (Å²) in [5, 5.41) is 2.22. The van der Waals surface area contributed by atoms with Crippen molar-refractivity contribution < 1.29 is 36.2 Å². The van der Waals surface area contributed by atoms with E-state index >= 15 is 0 Å². The molecule has 32 heavy (non-hydrogen) atoms. The van der Waals surface area contributed by atoms with Gasteiger partial charge in [-0.3, -0.25) is 4.79 Å². The van der Waals surface area contributed by atoms with Crippen LogP contribution in [0.3, 0.4) is 0 Å². The lowest BCUT2D eigenvalue weighted by Crippen LogP contribution is -2.25. The van der Waals surface area contributed by atoms with E-state index in [4.69, 9.17) is 0 Å². The van der Waals surface area contributed by atoms with Gasteiger partial charge in [0.2, 0.25) is 0 Å². The van der Waals surface area contributed by atoms with Gasteiger partial charge in [0.05, 0.1) is 0 Å². The van der Waals surface area contributed by atoms with Crippen LogP contribution in [0.2, 0.25) is 0 Å². The fraction of sp³-hybridized carbons (Fsp3) is 0.174. The molecule has 9 heteroatoms. The van der Waals surface area contributed by atoms with Crippen LogP contribution >= 0.6 is 0 Å². The largest absolute Gasteiger partial charge is 0.586 e. The molecule has 4 nitrogen and oxygen atoms in total. The number of hydrogen-bond donors (Lipinski definition) is 1. The Morgan fingerprint density at radius 1 is 0.844 bits per heavy atom. The molecule has 1 amide bonds. The van der Waals surface area contributed by atoms with Crippen LogP contribution in [-0.2, 0) is 0 Å². The van der Waals surface area contributed by atoms with Crippen molar-refractivity contribution >= 4 is 11.6 Å². The third-order valence-corrected chi connectivity index (χ3v) is 4.46. The standard InChI is InChI=1S/C21H12F5NO3.C2H6/c1-10-7-17-18(30-21(25,26)29-17)9-13(10)12-6-5-11(8-16(12)24)27-20(28)19-14(22)3-2-4-15(19)23;1-2/h2-9H,1H3,(H,27,28);1-2H3. The number of carbonyl (C=O) groups excluding carboxylic acids is 1. The fourth-order valence-electron chi connectivity index (χ4n) is 3.11. The second kappa shape index (κ2) is 8.86. The van der Waals surface area contributed by atoms with Crippen LogP contribution in [0.5, 0.6) is 11.5 Å². The first-order chi connectivity index (χ1) is 15.1. The maximum atomic E-state index is 14.7. The summed E-state index contributed by atoms with van der Waals surface area (Å²) in [6.07, 6.45) is -3.80. The molecule has 0 atom stereocenters. The fourth-order valence-corrected chi connectivity index (χ4v) is 3.11. The van der Waals surface area contributed by atoms with Crippen molar-refractivity contribution in [2.24, 2.45) is 0 Å². The van der Waals surface area contributed by atoms with Gasteiger partial charge in [0.25, 0.3) is 5.91 Å². The van der Waals surface area contributed by atoms with Crippen LogP contribution in [0.4, 0.5) is 27.6 Å². The monoisotopic (exact) mass is 451 g/mol. The van der Waals surface area contributed by atoms with E-state index < -0.39 is 35.2 Å². The molecule has 0 unspecified atom stereocenters. The van der Waals surface area contributed by atoms with Gasteiger partial charge in [0.15, 0.2) is 11.5 Å². The normalized spacial score (nSPS) is 13.2. The highest BCUT2D eigenvalue weighted by atomic mass is 19.3. The number of benzene rings is 3. The van der Waals surface area contributed by atoms with Crippen molar-refractivity contribution in [3.8, 4) is 22.6 Å². The van der Waals surface area contributed by atoms with Gasteiger partial charge in [-0.05, 0) is 60.5 Å². The molecule has 0 saturated heterocycles. The molecule has 1 heterocycles. The predicted molar refractivity (Wildman–Crippen MR) is 108 cm³/mol. The highest BCUT2D eigenvalue weighted by Crippen LogP contribution is 2.45. The van der Waals surface area contributed by atoms with E-state index in [0.29, 0.717) is 5.56 Å². The van der Waals surface area contributed by atoms with E-state index in [-0.39, 0.29) is 28.3 Å². The zero-order valence-corrected chi connectivity index (χ0v) is 17.2. The highest BCUT2D eigenvalue weighted by molar-refractivity contribution is 6.04. The van der Waals surface area contributed by atoms with Crippen LogP contribution in [0.25, 0.3) is 11.1 Å². The van der Waals surface area contributed by atoms with E-state index in [9.17, 15) is 26.7 Å². The molecule has 1 N–H and O–H groups in total. The second-order valence-electron chi connectivity index (χ2n) is 6.53. The summed E-state index contributed by atoms with van der Waals surface area (Å²) in [6.45, 7) is 5.57. The van der Waals surface area contributed by atoms with Crippen molar-refractivity contribution in [1.29, 1.82) is 0 Å². The number of rotatable bonds is 3. The molecule has 0 aromatic heterocycles. The minimum atomic E-state index is -3.80. The first kappa shape index (κ1) is 23.1. The topological polar surface area (TPSA) is 47.6 Å². The maximum absolute atomic E-state index is 14.7. The quantitative estimate of drug-likeness (QED) is 0.452. The van der Waals surface area contributed by atoms with E-state index in [0.717, 1.165) is 24.3 Å². The van der Waals surface area contributed by atoms with Gasteiger partial charge in [-0.15, -0.1) is 8.78 Å². The number of amides is 1. The van der Waals surface area contributed by atoms with Crippen molar-refractivity contribution in [3.05, 3.63) is 77.1 Å². The van der Waals surface area contributed by atoms with Crippen molar-refractivity contribution in [1.82, 2.24) is 0 Å².